The van der Waals surface area contributed by atoms with Gasteiger partial charge in [-0.3, -0.25) is 9.59 Å². The van der Waals surface area contributed by atoms with Crippen molar-refractivity contribution in [1.29, 1.82) is 0 Å². The molecule has 0 heterocycles. The number of urea groups is 1. The molecule has 154 valence electrons. The Bertz CT molecular complexity index is 807. The number of anilines is 1. The van der Waals surface area contributed by atoms with Crippen LogP contribution in [-0.2, 0) is 20.7 Å². The number of carbonyl (C=O) groups excluding carboxylic acids is 3. The maximum atomic E-state index is 12.0. The minimum absolute atomic E-state index is 0.0243. The van der Waals surface area contributed by atoms with Crippen LogP contribution in [0, 0.1) is 0 Å². The Morgan fingerprint density at radius 2 is 1.69 bits per heavy atom. The highest BCUT2D eigenvalue weighted by atomic mass is 16.5. The van der Waals surface area contributed by atoms with Gasteiger partial charge in [-0.15, -0.1) is 0 Å². The summed E-state index contributed by atoms with van der Waals surface area (Å²) in [5.74, 6) is -0.930. The Morgan fingerprint density at radius 3 is 2.34 bits per heavy atom. The molecule has 29 heavy (non-hydrogen) atoms. The number of benzene rings is 2. The number of hydrogen-bond acceptors (Lipinski definition) is 4. The van der Waals surface area contributed by atoms with Gasteiger partial charge in [-0.25, -0.2) is 4.79 Å². The van der Waals surface area contributed by atoms with Crippen molar-refractivity contribution >= 4 is 23.6 Å². The van der Waals surface area contributed by atoms with Gasteiger partial charge in [0.2, 0.25) is 0 Å². The quantitative estimate of drug-likeness (QED) is 0.566. The Balaban J connectivity index is 1.62. The molecule has 1 atom stereocenters. The van der Waals surface area contributed by atoms with Gasteiger partial charge >= 0.3 is 12.0 Å². The van der Waals surface area contributed by atoms with Crippen molar-refractivity contribution in [2.45, 2.75) is 32.7 Å². The number of amides is 3. The molecule has 2 aromatic rings. The molecule has 3 amide bonds. The lowest BCUT2D eigenvalue weighted by Gasteiger charge is -2.15. The van der Waals surface area contributed by atoms with Crippen LogP contribution in [0.1, 0.15) is 37.4 Å². The number of rotatable bonds is 9. The lowest BCUT2D eigenvalue weighted by atomic mass is 10.1. The molecule has 0 aromatic heterocycles. The molecule has 0 bridgehead atoms. The molecule has 0 fully saturated rings. The Labute approximate surface area is 170 Å². The van der Waals surface area contributed by atoms with Crippen molar-refractivity contribution < 1.29 is 19.1 Å². The minimum Gasteiger partial charge on any atom is -0.456 e. The number of esters is 1. The van der Waals surface area contributed by atoms with Gasteiger partial charge in [0.25, 0.3) is 5.91 Å². The van der Waals surface area contributed by atoms with Crippen LogP contribution in [0.5, 0.6) is 0 Å². The number of ether oxygens (including phenoxy) is 1. The molecular weight excluding hydrogens is 370 g/mol. The van der Waals surface area contributed by atoms with Gasteiger partial charge < -0.3 is 20.7 Å². The van der Waals surface area contributed by atoms with Crippen LogP contribution in [0.2, 0.25) is 0 Å². The van der Waals surface area contributed by atoms with Crippen molar-refractivity contribution in [1.82, 2.24) is 10.6 Å². The normalized spacial score (nSPS) is 11.2. The van der Waals surface area contributed by atoms with Crippen LogP contribution in [0.25, 0.3) is 0 Å². The highest BCUT2D eigenvalue weighted by Gasteiger charge is 2.12. The van der Waals surface area contributed by atoms with E-state index >= 15 is 0 Å². The van der Waals surface area contributed by atoms with E-state index in [4.69, 9.17) is 4.74 Å². The van der Waals surface area contributed by atoms with E-state index in [9.17, 15) is 14.4 Å². The maximum absolute atomic E-state index is 12.0. The van der Waals surface area contributed by atoms with Crippen LogP contribution in [-0.4, -0.2) is 31.1 Å². The third kappa shape index (κ3) is 8.04. The third-order valence-electron chi connectivity index (χ3n) is 4.28. The summed E-state index contributed by atoms with van der Waals surface area (Å²) in [5.41, 5.74) is 2.87. The fourth-order valence-corrected chi connectivity index (χ4v) is 2.60. The Hall–Kier alpha value is -3.35. The summed E-state index contributed by atoms with van der Waals surface area (Å²) in [4.78, 5) is 35.4. The van der Waals surface area contributed by atoms with Crippen LogP contribution in [0.15, 0.2) is 54.6 Å². The van der Waals surface area contributed by atoms with E-state index in [0.29, 0.717) is 5.69 Å². The first-order chi connectivity index (χ1) is 14.0. The fraction of sp³-hybridized carbons (Fsp3) is 0.318. The van der Waals surface area contributed by atoms with Gasteiger partial charge in [0, 0.05) is 12.2 Å². The van der Waals surface area contributed by atoms with Crippen molar-refractivity contribution in [3.63, 3.8) is 0 Å². The first-order valence-corrected chi connectivity index (χ1v) is 9.61. The predicted molar refractivity (Wildman–Crippen MR) is 111 cm³/mol. The Kier molecular flexibility index (Phi) is 8.69. The van der Waals surface area contributed by atoms with Crippen LogP contribution in [0.4, 0.5) is 10.5 Å². The summed E-state index contributed by atoms with van der Waals surface area (Å²) < 4.78 is 4.95. The number of hydrogen-bond donors (Lipinski definition) is 3. The summed E-state index contributed by atoms with van der Waals surface area (Å²) in [6.45, 7) is 3.71. The zero-order valence-electron chi connectivity index (χ0n) is 16.7. The van der Waals surface area contributed by atoms with Crippen LogP contribution in [0.3, 0.4) is 0 Å². The van der Waals surface area contributed by atoms with Gasteiger partial charge in [0.1, 0.15) is 0 Å². The number of aryl methyl sites for hydroxylation is 1. The molecule has 0 spiro atoms. The zero-order chi connectivity index (χ0) is 21.1. The van der Waals surface area contributed by atoms with Gasteiger partial charge in [-0.2, -0.15) is 0 Å². The van der Waals surface area contributed by atoms with E-state index in [2.05, 4.69) is 22.9 Å². The zero-order valence-corrected chi connectivity index (χ0v) is 16.7. The molecular formula is C22H27N3O4. The van der Waals surface area contributed by atoms with E-state index in [-0.39, 0.29) is 31.5 Å². The summed E-state index contributed by atoms with van der Waals surface area (Å²) in [7, 11) is 0. The van der Waals surface area contributed by atoms with Gasteiger partial charge in [0.05, 0.1) is 12.5 Å². The second kappa shape index (κ2) is 11.5. The molecule has 0 saturated heterocycles. The molecule has 0 aliphatic heterocycles. The summed E-state index contributed by atoms with van der Waals surface area (Å²) in [6.07, 6.45) is 0.934. The Morgan fingerprint density at radius 1 is 1.00 bits per heavy atom. The van der Waals surface area contributed by atoms with Crippen LogP contribution >= 0.6 is 0 Å². The smallest absolute Gasteiger partial charge is 0.319 e. The molecule has 0 radical (unpaired) electrons. The maximum Gasteiger partial charge on any atom is 0.319 e. The number of nitrogens with one attached hydrogen (secondary N) is 3. The topological polar surface area (TPSA) is 96.5 Å². The summed E-state index contributed by atoms with van der Waals surface area (Å²) >= 11 is 0. The van der Waals surface area contributed by atoms with Gasteiger partial charge in [-0.05, 0) is 36.6 Å². The highest BCUT2D eigenvalue weighted by molar-refractivity contribution is 5.89. The van der Waals surface area contributed by atoms with Crippen molar-refractivity contribution in [3.05, 3.63) is 65.7 Å². The molecule has 0 aliphatic carbocycles. The predicted octanol–water partition coefficient (Wildman–Crippen LogP) is 3.18. The van der Waals surface area contributed by atoms with Crippen molar-refractivity contribution in [2.24, 2.45) is 0 Å². The molecule has 0 aliphatic rings. The second-order valence-electron chi connectivity index (χ2n) is 6.54. The average Bonchev–Trinajstić information content (AvgIpc) is 2.73. The van der Waals surface area contributed by atoms with Crippen molar-refractivity contribution in [3.8, 4) is 0 Å². The number of carbonyl (C=O) groups is 3. The molecule has 3 N–H and O–H groups in total. The van der Waals surface area contributed by atoms with Gasteiger partial charge in [-0.1, -0.05) is 49.4 Å². The van der Waals surface area contributed by atoms with Gasteiger partial charge in [0.15, 0.2) is 6.61 Å². The molecule has 7 heteroatoms. The SMILES string of the molecule is CCc1ccc([C@H](C)NC(=O)COC(=O)CCNC(=O)Nc2ccccc2)cc1. The van der Waals surface area contributed by atoms with E-state index < -0.39 is 12.0 Å². The lowest BCUT2D eigenvalue weighted by Crippen LogP contribution is -2.33. The van der Waals surface area contributed by atoms with E-state index in [0.717, 1.165) is 12.0 Å². The summed E-state index contributed by atoms with van der Waals surface area (Å²) in [5, 5.41) is 8.00. The number of para-hydroxylation sites is 1. The molecule has 0 unspecified atom stereocenters. The third-order valence-corrected chi connectivity index (χ3v) is 4.28. The van der Waals surface area contributed by atoms with E-state index in [1.165, 1.54) is 5.56 Å². The second-order valence-corrected chi connectivity index (χ2v) is 6.54. The largest absolute Gasteiger partial charge is 0.456 e. The molecule has 2 rings (SSSR count). The fourth-order valence-electron chi connectivity index (χ4n) is 2.60. The van der Waals surface area contributed by atoms with E-state index in [1.807, 2.05) is 37.3 Å². The monoisotopic (exact) mass is 397 g/mol. The summed E-state index contributed by atoms with van der Waals surface area (Å²) in [6, 6.07) is 16.4. The first kappa shape index (κ1) is 21.9. The standard InChI is InChI=1S/C22H27N3O4/c1-3-17-9-11-18(12-10-17)16(2)24-20(26)15-29-21(27)13-14-23-22(28)25-19-7-5-4-6-8-19/h4-12,16H,3,13-15H2,1-2H3,(H,24,26)(H2,23,25,28)/t16-/m0/s1. The van der Waals surface area contributed by atoms with E-state index in [1.54, 1.807) is 24.3 Å². The minimum atomic E-state index is -0.555. The lowest BCUT2D eigenvalue weighted by molar-refractivity contribution is -0.148. The van der Waals surface area contributed by atoms with Crippen LogP contribution < -0.4 is 16.0 Å². The van der Waals surface area contributed by atoms with Crippen molar-refractivity contribution in [2.75, 3.05) is 18.5 Å². The molecule has 2 aromatic carbocycles. The molecule has 7 nitrogen and oxygen atoms in total. The highest BCUT2D eigenvalue weighted by Crippen LogP contribution is 2.13. The average molecular weight is 397 g/mol. The molecule has 0 saturated carbocycles. The first-order valence-electron chi connectivity index (χ1n) is 9.61.